The molecule has 0 spiro atoms. The van der Waals surface area contributed by atoms with Crippen molar-refractivity contribution in [3.05, 3.63) is 35.9 Å². The molecule has 1 rings (SSSR count). The topological polar surface area (TPSA) is 55.4 Å². The number of methoxy groups -OCH3 is 1. The van der Waals surface area contributed by atoms with E-state index < -0.39 is 16.9 Å². The van der Waals surface area contributed by atoms with Crippen LogP contribution in [0.3, 0.4) is 0 Å². The largest absolute Gasteiger partial charge is 0.367 e. The van der Waals surface area contributed by atoms with E-state index in [1.807, 2.05) is 51.1 Å². The van der Waals surface area contributed by atoms with Crippen molar-refractivity contribution in [1.82, 2.24) is 5.32 Å². The van der Waals surface area contributed by atoms with Crippen LogP contribution in [0, 0.1) is 0 Å². The van der Waals surface area contributed by atoms with Gasteiger partial charge in [-0.15, -0.1) is 0 Å². The van der Waals surface area contributed by atoms with Gasteiger partial charge in [0, 0.05) is 35.0 Å². The molecule has 0 aliphatic rings. The number of hydrogen-bond donors (Lipinski definition) is 1. The molecule has 0 aromatic heterocycles. The zero-order valence-corrected chi connectivity index (χ0v) is 13.3. The third-order valence-corrected chi connectivity index (χ3v) is 4.79. The molecule has 0 saturated carbocycles. The maximum absolute atomic E-state index is 12.1. The van der Waals surface area contributed by atoms with Gasteiger partial charge in [0.1, 0.15) is 0 Å². The summed E-state index contributed by atoms with van der Waals surface area (Å²) < 4.78 is 16.9. The lowest BCUT2D eigenvalue weighted by Gasteiger charge is -2.19. The molecular weight excluding hydrogens is 274 g/mol. The number of hydrogen-bond acceptors (Lipinski definition) is 3. The van der Waals surface area contributed by atoms with Crippen molar-refractivity contribution in [3.63, 3.8) is 0 Å². The normalized spacial score (nSPS) is 14.6. The van der Waals surface area contributed by atoms with Crippen LogP contribution >= 0.6 is 0 Å². The number of nitrogens with one attached hydrogen (secondary N) is 1. The number of rotatable bonds is 6. The molecule has 0 fully saturated rings. The molecule has 1 aromatic carbocycles. The summed E-state index contributed by atoms with van der Waals surface area (Å²) in [5.74, 6) is 0.241. The van der Waals surface area contributed by atoms with Crippen LogP contribution in [0.1, 0.15) is 32.4 Å². The van der Waals surface area contributed by atoms with E-state index in [1.54, 1.807) is 0 Å². The Labute approximate surface area is 123 Å². The van der Waals surface area contributed by atoms with Crippen molar-refractivity contribution < 1.29 is 13.7 Å². The highest BCUT2D eigenvalue weighted by Crippen LogP contribution is 2.16. The van der Waals surface area contributed by atoms with E-state index in [0.717, 1.165) is 5.56 Å². The van der Waals surface area contributed by atoms with E-state index in [4.69, 9.17) is 4.74 Å². The van der Waals surface area contributed by atoms with E-state index in [-0.39, 0.29) is 10.7 Å². The molecule has 0 unspecified atom stereocenters. The van der Waals surface area contributed by atoms with Crippen LogP contribution in [-0.4, -0.2) is 34.3 Å². The van der Waals surface area contributed by atoms with Crippen molar-refractivity contribution >= 4 is 16.7 Å². The predicted octanol–water partition coefficient (Wildman–Crippen LogP) is 2.04. The molecule has 1 N–H and O–H groups in total. The van der Waals surface area contributed by atoms with E-state index in [0.29, 0.717) is 12.3 Å². The summed E-state index contributed by atoms with van der Waals surface area (Å²) in [5.41, 5.74) is 0.810. The minimum Gasteiger partial charge on any atom is -0.367 e. The molecule has 1 aromatic rings. The third-order valence-electron chi connectivity index (χ3n) is 2.85. The minimum absolute atomic E-state index is 0.204. The monoisotopic (exact) mass is 297 g/mol. The number of benzene rings is 1. The Morgan fingerprint density at radius 3 is 2.40 bits per heavy atom. The van der Waals surface area contributed by atoms with Crippen LogP contribution in [0.4, 0.5) is 0 Å². The Balaban J connectivity index is 2.52. The summed E-state index contributed by atoms with van der Waals surface area (Å²) in [4.78, 5) is 12.1. The molecule has 0 aliphatic carbocycles. The van der Waals surface area contributed by atoms with Gasteiger partial charge in [-0.1, -0.05) is 30.3 Å². The highest BCUT2D eigenvalue weighted by molar-refractivity contribution is 7.86. The van der Waals surface area contributed by atoms with Gasteiger partial charge in [-0.05, 0) is 26.3 Å². The highest BCUT2D eigenvalue weighted by atomic mass is 32.2. The quantitative estimate of drug-likeness (QED) is 0.874. The molecule has 0 aliphatic heterocycles. The van der Waals surface area contributed by atoms with Gasteiger partial charge < -0.3 is 10.1 Å². The fourth-order valence-corrected chi connectivity index (χ4v) is 2.59. The van der Waals surface area contributed by atoms with Gasteiger partial charge >= 0.3 is 0 Å². The molecular formula is C15H23NO3S. The maximum atomic E-state index is 12.1. The SMILES string of the molecule is CO[C@H](C(=O)NCC[S@@](=O)C(C)(C)C)c1ccccc1. The zero-order valence-electron chi connectivity index (χ0n) is 12.5. The highest BCUT2D eigenvalue weighted by Gasteiger charge is 2.21. The summed E-state index contributed by atoms with van der Waals surface area (Å²) >= 11 is 0. The standard InChI is InChI=1S/C15H23NO3S/c1-15(2,3)20(18)11-10-16-14(17)13(19-4)12-8-6-5-7-9-12/h5-9,13H,10-11H2,1-4H3,(H,16,17)/t13-,20+/m0/s1. The second-order valence-corrected chi connectivity index (χ2v) is 7.80. The van der Waals surface area contributed by atoms with Crippen LogP contribution < -0.4 is 5.32 Å². The molecule has 0 radical (unpaired) electrons. The fraction of sp³-hybridized carbons (Fsp3) is 0.533. The van der Waals surface area contributed by atoms with E-state index in [2.05, 4.69) is 5.32 Å². The van der Waals surface area contributed by atoms with E-state index in [1.165, 1.54) is 7.11 Å². The molecule has 112 valence electrons. The molecule has 0 saturated heterocycles. The first kappa shape index (κ1) is 16.9. The van der Waals surface area contributed by atoms with Gasteiger partial charge in [-0.25, -0.2) is 0 Å². The number of carbonyl (C=O) groups excluding carboxylic acids is 1. The average molecular weight is 297 g/mol. The van der Waals surface area contributed by atoms with Gasteiger partial charge in [0.25, 0.3) is 5.91 Å². The smallest absolute Gasteiger partial charge is 0.253 e. The maximum Gasteiger partial charge on any atom is 0.253 e. The zero-order chi connectivity index (χ0) is 15.2. The lowest BCUT2D eigenvalue weighted by atomic mass is 10.1. The van der Waals surface area contributed by atoms with Gasteiger partial charge in [0.05, 0.1) is 0 Å². The van der Waals surface area contributed by atoms with Crippen molar-refractivity contribution in [3.8, 4) is 0 Å². The molecule has 20 heavy (non-hydrogen) atoms. The van der Waals surface area contributed by atoms with Crippen molar-refractivity contribution in [2.45, 2.75) is 31.6 Å². The minimum atomic E-state index is -0.969. The van der Waals surface area contributed by atoms with Crippen LogP contribution in [0.25, 0.3) is 0 Å². The number of ether oxygens (including phenoxy) is 1. The summed E-state index contributed by atoms with van der Waals surface area (Å²) in [6, 6.07) is 9.31. The van der Waals surface area contributed by atoms with Gasteiger partial charge in [0.15, 0.2) is 6.10 Å². The molecule has 0 heterocycles. The third kappa shape index (κ3) is 5.06. The van der Waals surface area contributed by atoms with Crippen LogP contribution in [0.2, 0.25) is 0 Å². The first-order valence-electron chi connectivity index (χ1n) is 6.60. The Hall–Kier alpha value is -1.20. The fourth-order valence-electron chi connectivity index (χ4n) is 1.69. The van der Waals surface area contributed by atoms with Crippen molar-refractivity contribution in [1.29, 1.82) is 0 Å². The predicted molar refractivity (Wildman–Crippen MR) is 82.0 cm³/mol. The second kappa shape index (κ2) is 7.55. The number of amides is 1. The molecule has 2 atom stereocenters. The van der Waals surface area contributed by atoms with E-state index in [9.17, 15) is 9.00 Å². The number of carbonyl (C=O) groups is 1. The summed E-state index contributed by atoms with van der Waals surface area (Å²) in [6.45, 7) is 6.15. The Bertz CT molecular complexity index is 454. The van der Waals surface area contributed by atoms with Crippen LogP contribution in [0.15, 0.2) is 30.3 Å². The lowest BCUT2D eigenvalue weighted by molar-refractivity contribution is -0.131. The summed E-state index contributed by atoms with van der Waals surface area (Å²) in [5, 5.41) is 2.78. The molecule has 4 nitrogen and oxygen atoms in total. The van der Waals surface area contributed by atoms with Crippen LogP contribution in [-0.2, 0) is 20.3 Å². The van der Waals surface area contributed by atoms with Crippen LogP contribution in [0.5, 0.6) is 0 Å². The van der Waals surface area contributed by atoms with Gasteiger partial charge in [-0.2, -0.15) is 0 Å². The molecule has 1 amide bonds. The Morgan fingerprint density at radius 1 is 1.30 bits per heavy atom. The average Bonchev–Trinajstić information content (AvgIpc) is 2.39. The van der Waals surface area contributed by atoms with E-state index >= 15 is 0 Å². The van der Waals surface area contributed by atoms with Gasteiger partial charge in [0.2, 0.25) is 0 Å². The molecule has 0 bridgehead atoms. The summed E-state index contributed by atoms with van der Waals surface area (Å²) in [7, 11) is 0.536. The first-order chi connectivity index (χ1) is 9.36. The lowest BCUT2D eigenvalue weighted by Crippen LogP contribution is -2.35. The Kier molecular flexibility index (Phi) is 6.36. The Morgan fingerprint density at radius 2 is 1.90 bits per heavy atom. The molecule has 5 heteroatoms. The van der Waals surface area contributed by atoms with Crippen molar-refractivity contribution in [2.24, 2.45) is 0 Å². The first-order valence-corrected chi connectivity index (χ1v) is 7.92. The van der Waals surface area contributed by atoms with Gasteiger partial charge in [-0.3, -0.25) is 9.00 Å². The van der Waals surface area contributed by atoms with Crippen molar-refractivity contribution in [2.75, 3.05) is 19.4 Å². The second-order valence-electron chi connectivity index (χ2n) is 5.48. The summed E-state index contributed by atoms with van der Waals surface area (Å²) in [6.07, 6.45) is -0.626.